The van der Waals surface area contributed by atoms with Crippen LogP contribution in [0.25, 0.3) is 0 Å². The van der Waals surface area contributed by atoms with Crippen LogP contribution in [0.5, 0.6) is 23.0 Å². The number of ether oxygens (including phenoxy) is 4. The van der Waals surface area contributed by atoms with Crippen LogP contribution in [0, 0.1) is 0 Å². The smallest absolute Gasteiger partial charge is 0.260 e. The number of aldehydes is 1. The van der Waals surface area contributed by atoms with Crippen molar-refractivity contribution in [3.63, 3.8) is 0 Å². The van der Waals surface area contributed by atoms with Crippen molar-refractivity contribution in [2.75, 3.05) is 57.7 Å². The Morgan fingerprint density at radius 2 is 1.62 bits per heavy atom. The van der Waals surface area contributed by atoms with Crippen LogP contribution in [0.3, 0.4) is 0 Å². The van der Waals surface area contributed by atoms with Crippen molar-refractivity contribution in [2.24, 2.45) is 9.98 Å². The van der Waals surface area contributed by atoms with Gasteiger partial charge in [0.05, 0.1) is 56.5 Å². The van der Waals surface area contributed by atoms with Gasteiger partial charge in [-0.2, -0.15) is 0 Å². The Morgan fingerprint density at radius 3 is 2.28 bits per heavy atom. The maximum absolute atomic E-state index is 14.0. The van der Waals surface area contributed by atoms with Crippen LogP contribution in [0.15, 0.2) is 100 Å². The van der Waals surface area contributed by atoms with E-state index in [0.717, 1.165) is 54.5 Å². The number of methoxy groups -OCH3 is 2. The van der Waals surface area contributed by atoms with E-state index in [-0.39, 0.29) is 29.9 Å². The fraction of sp³-hybridized carbons (Fsp3) is 0.347. The van der Waals surface area contributed by atoms with Gasteiger partial charge in [-0.3, -0.25) is 19.6 Å². The molecule has 4 aromatic rings. The van der Waals surface area contributed by atoms with Gasteiger partial charge in [-0.1, -0.05) is 56.9 Å². The van der Waals surface area contributed by atoms with Crippen LogP contribution < -0.4 is 28.9 Å². The van der Waals surface area contributed by atoms with Gasteiger partial charge < -0.3 is 28.7 Å². The number of rotatable bonds is 21. The summed E-state index contributed by atoms with van der Waals surface area (Å²) in [6.07, 6.45) is 12.5. The number of anilines is 2. The van der Waals surface area contributed by atoms with E-state index in [4.69, 9.17) is 38.9 Å². The number of carbonyl (C=O) groups excluding carboxylic acids is 2. The Labute approximate surface area is 388 Å². The van der Waals surface area contributed by atoms with E-state index in [2.05, 4.69) is 54.7 Å². The molecule has 2 heterocycles. The van der Waals surface area contributed by atoms with Crippen LogP contribution in [0.4, 0.5) is 22.7 Å². The number of aliphatic imine (C=N–C) groups is 2. The van der Waals surface area contributed by atoms with Gasteiger partial charge in [0.1, 0.15) is 13.2 Å². The molecule has 1 saturated heterocycles. The highest BCUT2D eigenvalue weighted by Gasteiger charge is 2.32. The van der Waals surface area contributed by atoms with E-state index >= 15 is 0 Å². The molecule has 1 fully saturated rings. The second-order valence-electron chi connectivity index (χ2n) is 16.2. The Bertz CT molecular complexity index is 2490. The molecule has 7 rings (SSSR count). The molecule has 1 amide bonds. The van der Waals surface area contributed by atoms with Gasteiger partial charge in [0.15, 0.2) is 29.3 Å². The second kappa shape index (κ2) is 21.5. The first-order valence-corrected chi connectivity index (χ1v) is 23.7. The largest absolute Gasteiger partial charge is 0.493 e. The maximum Gasteiger partial charge on any atom is 0.260 e. The minimum Gasteiger partial charge on any atom is -0.493 e. The summed E-state index contributed by atoms with van der Waals surface area (Å²) in [5.74, 6) is 1.35. The molecule has 1 unspecified atom stereocenters. The molecule has 14 nitrogen and oxygen atoms in total. The molecule has 0 N–H and O–H groups in total. The molecule has 0 spiro atoms. The van der Waals surface area contributed by atoms with Crippen molar-refractivity contribution in [2.45, 2.75) is 63.5 Å². The van der Waals surface area contributed by atoms with Gasteiger partial charge >= 0.3 is 0 Å². The average molecular weight is 922 g/mol. The fourth-order valence-electron chi connectivity index (χ4n) is 8.19. The molecule has 4 aromatic carbocycles. The molecular weight excluding hydrogens is 867 g/mol. The first-order chi connectivity index (χ1) is 31.5. The normalized spacial score (nSPS) is 15.6. The van der Waals surface area contributed by atoms with Crippen molar-refractivity contribution in [1.29, 1.82) is 0 Å². The van der Waals surface area contributed by atoms with Gasteiger partial charge in [0.2, 0.25) is 0 Å². The van der Waals surface area contributed by atoms with Gasteiger partial charge in [0, 0.05) is 53.6 Å². The van der Waals surface area contributed by atoms with E-state index in [0.29, 0.717) is 64.3 Å². The number of para-hydroxylation sites is 1. The zero-order valence-electron chi connectivity index (χ0n) is 37.8. The molecule has 65 heavy (non-hydrogen) atoms. The van der Waals surface area contributed by atoms with Crippen LogP contribution >= 0.6 is 21.6 Å². The number of fused-ring (bicyclic) bond motifs is 2. The third kappa shape index (κ3) is 11.0. The molecule has 0 saturated carbocycles. The third-order valence-electron chi connectivity index (χ3n) is 11.3. The number of benzene rings is 4. The first kappa shape index (κ1) is 47.2. The molecular formula is C49H55N5O9S2. The number of nitrogens with zero attached hydrogens (tertiary/aromatic N) is 5. The van der Waals surface area contributed by atoms with Crippen molar-refractivity contribution in [3.8, 4) is 23.0 Å². The summed E-state index contributed by atoms with van der Waals surface area (Å²) in [5, 5.41) is 6.63. The number of hydroxylamine groups is 1. The highest BCUT2D eigenvalue weighted by atomic mass is 33.1. The highest BCUT2D eigenvalue weighted by molar-refractivity contribution is 8.77. The Morgan fingerprint density at radius 1 is 0.923 bits per heavy atom. The summed E-state index contributed by atoms with van der Waals surface area (Å²) in [6, 6.07) is 20.8. The number of amides is 1. The summed E-state index contributed by atoms with van der Waals surface area (Å²) in [4.78, 5) is 49.9. The lowest BCUT2D eigenvalue weighted by Crippen LogP contribution is -2.36. The van der Waals surface area contributed by atoms with Gasteiger partial charge in [0.25, 0.3) is 5.91 Å². The molecule has 342 valence electrons. The van der Waals surface area contributed by atoms with Crippen molar-refractivity contribution in [1.82, 2.24) is 4.90 Å². The topological polar surface area (TPSA) is 133 Å². The van der Waals surface area contributed by atoms with Gasteiger partial charge in [-0.25, -0.2) is 9.95 Å². The van der Waals surface area contributed by atoms with Crippen molar-refractivity contribution in [3.05, 3.63) is 118 Å². The monoisotopic (exact) mass is 921 g/mol. The highest BCUT2D eigenvalue weighted by Crippen LogP contribution is 2.41. The standard InChI is InChI=1S/C49H55N5O9S2/c1-49(2,65-64-8)31-54(62-63-59-7)37-20-32(29-60-46-25-40(36(28-55)23-44(46)57-5)51-27-38-22-35-14-10-11-15-42(35)52(38)4)19-33(21-37)30-61-47-26-41(50-3)39(24-45(47)58-6)48(56)53-18-17-34-13-9-12-16-43(34)53/h10-11,13-16,19-21,23-28,38H,3,9,12,17-18,22,29-31H2,1-2,4-8H3. The lowest BCUT2D eigenvalue weighted by atomic mass is 10.0. The number of hydrogen-bond acceptors (Lipinski definition) is 15. The van der Waals surface area contributed by atoms with E-state index in [1.807, 2.05) is 49.8 Å². The number of hydrogen-bond donors (Lipinski definition) is 0. The molecule has 1 atom stereocenters. The number of carbonyl (C=O) groups is 2. The van der Waals surface area contributed by atoms with Crippen LogP contribution in [0.1, 0.15) is 70.5 Å². The van der Waals surface area contributed by atoms with Crippen molar-refractivity contribution >= 4 is 69.5 Å². The summed E-state index contributed by atoms with van der Waals surface area (Å²) < 4.78 is 24.1. The third-order valence-corrected chi connectivity index (χ3v) is 13.9. The number of likely N-dealkylation sites (N-methyl/N-ethyl adjacent to an activating group) is 1. The molecule has 2 aliphatic heterocycles. The molecule has 3 aliphatic rings. The van der Waals surface area contributed by atoms with Crippen LogP contribution in [-0.4, -0.2) is 88.5 Å². The van der Waals surface area contributed by atoms with Gasteiger partial charge in [-0.05, 0) is 116 Å². The van der Waals surface area contributed by atoms with E-state index in [9.17, 15) is 9.59 Å². The second-order valence-corrected chi connectivity index (χ2v) is 19.3. The minimum atomic E-state index is -0.290. The van der Waals surface area contributed by atoms with E-state index < -0.39 is 0 Å². The molecule has 1 aliphatic carbocycles. The van der Waals surface area contributed by atoms with Gasteiger partial charge in [-0.15, -0.1) is 0 Å². The quantitative estimate of drug-likeness (QED) is 0.0258. The van der Waals surface area contributed by atoms with E-state index in [1.165, 1.54) is 32.5 Å². The van der Waals surface area contributed by atoms with Crippen LogP contribution in [0.2, 0.25) is 0 Å². The zero-order valence-corrected chi connectivity index (χ0v) is 39.5. The fourth-order valence-corrected chi connectivity index (χ4v) is 10.3. The minimum absolute atomic E-state index is 0.0172. The van der Waals surface area contributed by atoms with Crippen LogP contribution in [-0.2, 0) is 34.5 Å². The molecule has 16 heteroatoms. The number of likely N-dealkylation sites (tertiary alicyclic amines) is 1. The summed E-state index contributed by atoms with van der Waals surface area (Å²) in [5.41, 5.74) is 8.25. The number of allylic oxidation sites excluding steroid dienone is 3. The van der Waals surface area contributed by atoms with E-state index in [1.54, 1.807) is 55.8 Å². The molecule has 0 radical (unpaired) electrons. The average Bonchev–Trinajstić information content (AvgIpc) is 3.90. The molecule has 0 aromatic heterocycles. The Kier molecular flexibility index (Phi) is 15.6. The lowest BCUT2D eigenvalue weighted by molar-refractivity contribution is -0.507. The van der Waals surface area contributed by atoms with Crippen molar-refractivity contribution < 1.29 is 43.5 Å². The SMILES string of the molecule is C=Nc1cc(OCc2cc(COc3cc(N=CC4Cc5ccccc5N4C)c(C=O)cc3OC)cc(N(CC(C)(C)SSC)OOOC)c2)c(OC)cc1C(=O)N1CCC2=CCCC=C21. The summed E-state index contributed by atoms with van der Waals surface area (Å²) >= 11 is 0. The summed E-state index contributed by atoms with van der Waals surface area (Å²) in [7, 11) is 9.80. The lowest BCUT2D eigenvalue weighted by Gasteiger charge is -2.30. The zero-order chi connectivity index (χ0) is 46.1. The molecule has 0 bridgehead atoms. The maximum atomic E-state index is 14.0. The summed E-state index contributed by atoms with van der Waals surface area (Å²) in [6.45, 7) is 9.14. The predicted octanol–water partition coefficient (Wildman–Crippen LogP) is 10.2. The Hall–Kier alpha value is -5.78. The predicted molar refractivity (Wildman–Crippen MR) is 259 cm³/mol. The first-order valence-electron chi connectivity index (χ1n) is 21.2. The Balaban J connectivity index is 1.18.